The summed E-state index contributed by atoms with van der Waals surface area (Å²) < 4.78 is 1.96. The first-order chi connectivity index (χ1) is 8.35. The van der Waals surface area contributed by atoms with Crippen LogP contribution in [0.2, 0.25) is 0 Å². The fourth-order valence-corrected chi connectivity index (χ4v) is 1.63. The van der Waals surface area contributed by atoms with E-state index in [0.717, 1.165) is 36.8 Å². The van der Waals surface area contributed by atoms with Crippen LogP contribution in [0.4, 0.5) is 0 Å². The molecule has 0 spiro atoms. The van der Waals surface area contributed by atoms with Crippen LogP contribution < -0.4 is 5.32 Å². The smallest absolute Gasteiger partial charge is 0.160 e. The minimum Gasteiger partial charge on any atom is -0.311 e. The van der Waals surface area contributed by atoms with Crippen LogP contribution in [-0.4, -0.2) is 26.3 Å². The molecule has 0 bridgehead atoms. The Balaban J connectivity index is 2.17. The van der Waals surface area contributed by atoms with Crippen LogP contribution in [0.25, 0.3) is 5.82 Å². The molecule has 2 aromatic rings. The molecule has 2 rings (SSSR count). The summed E-state index contributed by atoms with van der Waals surface area (Å²) in [6, 6.07) is 3.96. The largest absolute Gasteiger partial charge is 0.311 e. The second-order valence-electron chi connectivity index (χ2n) is 3.73. The zero-order valence-corrected chi connectivity index (χ0v) is 10.2. The van der Waals surface area contributed by atoms with Crippen LogP contribution >= 0.6 is 0 Å². The lowest BCUT2D eigenvalue weighted by Crippen LogP contribution is -2.14. The number of nitrogens with zero attached hydrogens (tertiary/aromatic N) is 4. The maximum Gasteiger partial charge on any atom is 0.160 e. The van der Waals surface area contributed by atoms with Gasteiger partial charge in [0.2, 0.25) is 0 Å². The Morgan fingerprint density at radius 2 is 2.12 bits per heavy atom. The van der Waals surface area contributed by atoms with Crippen LogP contribution in [0.15, 0.2) is 24.5 Å². The Labute approximate surface area is 101 Å². The molecule has 0 atom stereocenters. The van der Waals surface area contributed by atoms with Crippen LogP contribution in [0, 0.1) is 0 Å². The summed E-state index contributed by atoms with van der Waals surface area (Å²) in [5, 5.41) is 11.6. The molecule has 2 aromatic heterocycles. The Hall–Kier alpha value is -1.75. The van der Waals surface area contributed by atoms with Crippen LogP contribution in [0.1, 0.15) is 25.4 Å². The van der Waals surface area contributed by atoms with E-state index in [2.05, 4.69) is 34.3 Å². The first kappa shape index (κ1) is 11.7. The van der Waals surface area contributed by atoms with E-state index in [1.165, 1.54) is 0 Å². The highest BCUT2D eigenvalue weighted by atomic mass is 15.2. The van der Waals surface area contributed by atoms with Crippen molar-refractivity contribution in [2.45, 2.75) is 26.8 Å². The molecule has 5 nitrogen and oxygen atoms in total. The third-order valence-electron chi connectivity index (χ3n) is 2.54. The second kappa shape index (κ2) is 5.54. The van der Waals surface area contributed by atoms with Crippen molar-refractivity contribution in [3.63, 3.8) is 0 Å². The number of imidazole rings is 1. The van der Waals surface area contributed by atoms with E-state index in [0.29, 0.717) is 0 Å². The Morgan fingerprint density at radius 3 is 2.76 bits per heavy atom. The van der Waals surface area contributed by atoms with E-state index >= 15 is 0 Å². The fraction of sp³-hybridized carbons (Fsp3) is 0.417. The minimum atomic E-state index is 0.758. The average molecular weight is 231 g/mol. The van der Waals surface area contributed by atoms with Gasteiger partial charge < -0.3 is 5.32 Å². The highest BCUT2D eigenvalue weighted by molar-refractivity contribution is 5.24. The number of aromatic nitrogens is 4. The summed E-state index contributed by atoms with van der Waals surface area (Å²) in [5.74, 6) is 1.82. The Bertz CT molecular complexity index is 460. The minimum absolute atomic E-state index is 0.758. The first-order valence-electron chi connectivity index (χ1n) is 5.91. The SMILES string of the molecule is CCNCc1ccc(-n2ccnc2CC)nn1. The molecule has 1 N–H and O–H groups in total. The second-order valence-corrected chi connectivity index (χ2v) is 3.73. The Kier molecular flexibility index (Phi) is 3.82. The first-order valence-corrected chi connectivity index (χ1v) is 5.91. The average Bonchev–Trinajstić information content (AvgIpc) is 2.85. The quantitative estimate of drug-likeness (QED) is 0.843. The van der Waals surface area contributed by atoms with Crippen molar-refractivity contribution in [3.8, 4) is 5.82 Å². The van der Waals surface area contributed by atoms with Gasteiger partial charge in [0, 0.05) is 25.4 Å². The molecule has 0 aliphatic rings. The predicted octanol–water partition coefficient (Wildman–Crippen LogP) is 1.33. The van der Waals surface area contributed by atoms with Gasteiger partial charge >= 0.3 is 0 Å². The lowest BCUT2D eigenvalue weighted by molar-refractivity contribution is 0.694. The van der Waals surface area contributed by atoms with Gasteiger partial charge in [-0.05, 0) is 18.7 Å². The lowest BCUT2D eigenvalue weighted by Gasteiger charge is -2.05. The van der Waals surface area contributed by atoms with Crippen molar-refractivity contribution < 1.29 is 0 Å². The van der Waals surface area contributed by atoms with Gasteiger partial charge in [0.15, 0.2) is 5.82 Å². The molecule has 0 aliphatic carbocycles. The molecule has 0 amide bonds. The highest BCUT2D eigenvalue weighted by Crippen LogP contribution is 2.07. The summed E-state index contributed by atoms with van der Waals surface area (Å²) in [5.41, 5.74) is 0.953. The molecule has 0 saturated carbocycles. The zero-order valence-electron chi connectivity index (χ0n) is 10.2. The van der Waals surface area contributed by atoms with Crippen molar-refractivity contribution in [1.29, 1.82) is 0 Å². The van der Waals surface area contributed by atoms with Crippen molar-refractivity contribution in [1.82, 2.24) is 25.1 Å². The van der Waals surface area contributed by atoms with Gasteiger partial charge in [-0.1, -0.05) is 13.8 Å². The molecule has 0 saturated heterocycles. The van der Waals surface area contributed by atoms with E-state index in [9.17, 15) is 0 Å². The van der Waals surface area contributed by atoms with Gasteiger partial charge in [-0.15, -0.1) is 5.10 Å². The van der Waals surface area contributed by atoms with Crippen LogP contribution in [-0.2, 0) is 13.0 Å². The van der Waals surface area contributed by atoms with E-state index in [-0.39, 0.29) is 0 Å². The summed E-state index contributed by atoms with van der Waals surface area (Å²) >= 11 is 0. The van der Waals surface area contributed by atoms with E-state index in [4.69, 9.17) is 0 Å². The molecule has 17 heavy (non-hydrogen) atoms. The molecule has 0 radical (unpaired) electrons. The summed E-state index contributed by atoms with van der Waals surface area (Å²) in [6.45, 7) is 5.84. The number of hydrogen-bond acceptors (Lipinski definition) is 4. The van der Waals surface area contributed by atoms with Crippen molar-refractivity contribution in [3.05, 3.63) is 36.0 Å². The normalized spacial score (nSPS) is 10.7. The van der Waals surface area contributed by atoms with E-state index < -0.39 is 0 Å². The third kappa shape index (κ3) is 2.68. The zero-order chi connectivity index (χ0) is 12.1. The molecule has 90 valence electrons. The predicted molar refractivity (Wildman–Crippen MR) is 65.9 cm³/mol. The number of aryl methyl sites for hydroxylation is 1. The summed E-state index contributed by atoms with van der Waals surface area (Å²) in [4.78, 5) is 4.27. The molecule has 2 heterocycles. The van der Waals surface area contributed by atoms with E-state index in [1.807, 2.05) is 22.9 Å². The van der Waals surface area contributed by atoms with Gasteiger partial charge in [-0.25, -0.2) is 4.98 Å². The van der Waals surface area contributed by atoms with Crippen molar-refractivity contribution >= 4 is 0 Å². The van der Waals surface area contributed by atoms with Crippen LogP contribution in [0.5, 0.6) is 0 Å². The molecule has 0 aromatic carbocycles. The van der Waals surface area contributed by atoms with Gasteiger partial charge in [-0.3, -0.25) is 4.57 Å². The van der Waals surface area contributed by atoms with Gasteiger partial charge in [-0.2, -0.15) is 5.10 Å². The van der Waals surface area contributed by atoms with Gasteiger partial charge in [0.1, 0.15) is 5.82 Å². The monoisotopic (exact) mass is 231 g/mol. The van der Waals surface area contributed by atoms with Crippen molar-refractivity contribution in [2.24, 2.45) is 0 Å². The molecule has 5 heteroatoms. The maximum absolute atomic E-state index is 4.27. The molecule has 0 fully saturated rings. The highest BCUT2D eigenvalue weighted by Gasteiger charge is 2.04. The summed E-state index contributed by atoms with van der Waals surface area (Å²) in [7, 11) is 0. The number of hydrogen-bond donors (Lipinski definition) is 1. The molecular formula is C12H17N5. The number of nitrogens with one attached hydrogen (secondary N) is 1. The number of rotatable bonds is 5. The van der Waals surface area contributed by atoms with Gasteiger partial charge in [0.05, 0.1) is 5.69 Å². The summed E-state index contributed by atoms with van der Waals surface area (Å²) in [6.07, 6.45) is 4.58. The maximum atomic E-state index is 4.27. The van der Waals surface area contributed by atoms with E-state index in [1.54, 1.807) is 6.20 Å². The molecular weight excluding hydrogens is 214 g/mol. The Morgan fingerprint density at radius 1 is 1.24 bits per heavy atom. The van der Waals surface area contributed by atoms with Crippen LogP contribution in [0.3, 0.4) is 0 Å². The third-order valence-corrected chi connectivity index (χ3v) is 2.54. The standard InChI is InChI=1S/C12H17N5/c1-3-11-14-7-8-17(11)12-6-5-10(15-16-12)9-13-4-2/h5-8,13H,3-4,9H2,1-2H3. The lowest BCUT2D eigenvalue weighted by atomic mass is 10.3. The fourth-order valence-electron chi connectivity index (χ4n) is 1.63. The van der Waals surface area contributed by atoms with Crippen molar-refractivity contribution in [2.75, 3.05) is 6.54 Å². The molecule has 0 aliphatic heterocycles. The van der Waals surface area contributed by atoms with Gasteiger partial charge in [0.25, 0.3) is 0 Å². The molecule has 0 unspecified atom stereocenters. The topological polar surface area (TPSA) is 55.6 Å².